The number of carbonyl (C=O) groups excluding carboxylic acids is 2. The number of nitriles is 1. The Morgan fingerprint density at radius 3 is 2.50 bits per heavy atom. The van der Waals surface area contributed by atoms with E-state index in [9.17, 15) is 9.59 Å². The molecule has 20 heavy (non-hydrogen) atoms. The molecule has 0 bridgehead atoms. The topological polar surface area (TPSA) is 82.4 Å². The summed E-state index contributed by atoms with van der Waals surface area (Å²) in [6, 6.07) is 8.12. The van der Waals surface area contributed by atoms with E-state index in [1.165, 1.54) is 12.0 Å². The maximum absolute atomic E-state index is 12.1. The predicted octanol–water partition coefficient (Wildman–Crippen LogP) is 1.98. The monoisotopic (exact) mass is 275 g/mol. The van der Waals surface area contributed by atoms with Crippen molar-refractivity contribution >= 4 is 17.7 Å². The van der Waals surface area contributed by atoms with E-state index in [4.69, 9.17) is 5.26 Å². The fourth-order valence-electron chi connectivity index (χ4n) is 1.57. The molecule has 0 saturated carbocycles. The standard InChI is InChI=1S/C14H17N3O3/c1-3-8-17(10-13(18)20-2)14(19)16-12-6-4-11(9-15)5-7-12/h4-7H,3,8,10H2,1-2H3,(H,16,19). The van der Waals surface area contributed by atoms with E-state index < -0.39 is 5.97 Å². The number of nitrogens with zero attached hydrogens (tertiary/aromatic N) is 2. The van der Waals surface area contributed by atoms with Gasteiger partial charge in [0, 0.05) is 12.2 Å². The highest BCUT2D eigenvalue weighted by Crippen LogP contribution is 2.10. The smallest absolute Gasteiger partial charge is 0.325 e. The van der Waals surface area contributed by atoms with Crippen LogP contribution >= 0.6 is 0 Å². The summed E-state index contributed by atoms with van der Waals surface area (Å²) in [5.41, 5.74) is 1.09. The van der Waals surface area contributed by atoms with Crippen molar-refractivity contribution in [1.82, 2.24) is 4.90 Å². The molecule has 1 aromatic carbocycles. The van der Waals surface area contributed by atoms with E-state index in [2.05, 4.69) is 10.1 Å². The van der Waals surface area contributed by atoms with Gasteiger partial charge in [-0.15, -0.1) is 0 Å². The Morgan fingerprint density at radius 1 is 1.35 bits per heavy atom. The highest BCUT2D eigenvalue weighted by atomic mass is 16.5. The first-order valence-corrected chi connectivity index (χ1v) is 6.23. The van der Waals surface area contributed by atoms with Crippen LogP contribution in [0.5, 0.6) is 0 Å². The average Bonchev–Trinajstić information content (AvgIpc) is 2.47. The Morgan fingerprint density at radius 2 is 2.00 bits per heavy atom. The zero-order valence-corrected chi connectivity index (χ0v) is 11.5. The Kier molecular flexibility index (Phi) is 6.04. The number of nitrogens with one attached hydrogen (secondary N) is 1. The summed E-state index contributed by atoms with van der Waals surface area (Å²) < 4.78 is 4.56. The van der Waals surface area contributed by atoms with Gasteiger partial charge in [0.1, 0.15) is 6.54 Å². The molecule has 6 nitrogen and oxygen atoms in total. The predicted molar refractivity (Wildman–Crippen MR) is 74.1 cm³/mol. The van der Waals surface area contributed by atoms with Gasteiger partial charge < -0.3 is 15.0 Å². The number of ether oxygens (including phenoxy) is 1. The maximum atomic E-state index is 12.1. The van der Waals surface area contributed by atoms with Crippen molar-refractivity contribution in [1.29, 1.82) is 5.26 Å². The van der Waals surface area contributed by atoms with Crippen LogP contribution in [0.25, 0.3) is 0 Å². The number of methoxy groups -OCH3 is 1. The van der Waals surface area contributed by atoms with Crippen LogP contribution in [-0.2, 0) is 9.53 Å². The van der Waals surface area contributed by atoms with Crippen LogP contribution in [0.4, 0.5) is 10.5 Å². The first-order valence-electron chi connectivity index (χ1n) is 6.23. The molecule has 0 radical (unpaired) electrons. The second-order valence-corrected chi connectivity index (χ2v) is 4.12. The molecule has 106 valence electrons. The molecule has 0 atom stereocenters. The number of hydrogen-bond acceptors (Lipinski definition) is 4. The highest BCUT2D eigenvalue weighted by Gasteiger charge is 2.16. The second-order valence-electron chi connectivity index (χ2n) is 4.12. The molecule has 0 fully saturated rings. The number of rotatable bonds is 5. The fraction of sp³-hybridized carbons (Fsp3) is 0.357. The van der Waals surface area contributed by atoms with Crippen LogP contribution in [0.1, 0.15) is 18.9 Å². The average molecular weight is 275 g/mol. The molecule has 0 aliphatic rings. The summed E-state index contributed by atoms with van der Waals surface area (Å²) in [6.07, 6.45) is 0.734. The molecule has 1 aromatic rings. The Bertz CT molecular complexity index is 505. The van der Waals surface area contributed by atoms with Crippen LogP contribution < -0.4 is 5.32 Å². The van der Waals surface area contributed by atoms with E-state index >= 15 is 0 Å². The number of urea groups is 1. The summed E-state index contributed by atoms with van der Waals surface area (Å²) in [4.78, 5) is 24.7. The summed E-state index contributed by atoms with van der Waals surface area (Å²) in [7, 11) is 1.28. The number of hydrogen-bond donors (Lipinski definition) is 1. The third-order valence-electron chi connectivity index (χ3n) is 2.59. The van der Waals surface area contributed by atoms with Gasteiger partial charge in [-0.3, -0.25) is 4.79 Å². The molecular formula is C14H17N3O3. The molecule has 0 aliphatic heterocycles. The van der Waals surface area contributed by atoms with Gasteiger partial charge in [0.15, 0.2) is 0 Å². The molecule has 0 aromatic heterocycles. The number of anilines is 1. The van der Waals surface area contributed by atoms with Crippen LogP contribution in [0.15, 0.2) is 24.3 Å². The molecule has 0 spiro atoms. The van der Waals surface area contributed by atoms with Gasteiger partial charge >= 0.3 is 12.0 Å². The van der Waals surface area contributed by atoms with E-state index in [0.717, 1.165) is 6.42 Å². The van der Waals surface area contributed by atoms with Gasteiger partial charge in [-0.25, -0.2) is 4.79 Å². The summed E-state index contributed by atoms with van der Waals surface area (Å²) in [5, 5.41) is 11.4. The zero-order chi connectivity index (χ0) is 15.0. The fourth-order valence-corrected chi connectivity index (χ4v) is 1.57. The maximum Gasteiger partial charge on any atom is 0.325 e. The minimum Gasteiger partial charge on any atom is -0.468 e. The van der Waals surface area contributed by atoms with Gasteiger partial charge in [-0.2, -0.15) is 5.26 Å². The molecule has 0 heterocycles. The lowest BCUT2D eigenvalue weighted by atomic mass is 10.2. The van der Waals surface area contributed by atoms with Crippen LogP contribution in [-0.4, -0.2) is 37.1 Å². The highest BCUT2D eigenvalue weighted by molar-refractivity contribution is 5.91. The van der Waals surface area contributed by atoms with Gasteiger partial charge in [-0.05, 0) is 30.7 Å². The van der Waals surface area contributed by atoms with Crippen molar-refractivity contribution in [2.75, 3.05) is 25.5 Å². The Balaban J connectivity index is 2.69. The molecular weight excluding hydrogens is 258 g/mol. The molecule has 0 unspecified atom stereocenters. The molecule has 2 amide bonds. The molecule has 1 rings (SSSR count). The normalized spacial score (nSPS) is 9.45. The lowest BCUT2D eigenvalue weighted by molar-refractivity contribution is -0.141. The van der Waals surface area contributed by atoms with Gasteiger partial charge in [-0.1, -0.05) is 6.92 Å². The van der Waals surface area contributed by atoms with Gasteiger partial charge in [0.2, 0.25) is 0 Å². The summed E-state index contributed by atoms with van der Waals surface area (Å²) >= 11 is 0. The van der Waals surface area contributed by atoms with Crippen LogP contribution in [0.2, 0.25) is 0 Å². The molecule has 0 saturated heterocycles. The van der Waals surface area contributed by atoms with E-state index in [-0.39, 0.29) is 12.6 Å². The van der Waals surface area contributed by atoms with Crippen molar-refractivity contribution in [2.24, 2.45) is 0 Å². The minimum absolute atomic E-state index is 0.0908. The van der Waals surface area contributed by atoms with E-state index in [1.54, 1.807) is 24.3 Å². The van der Waals surface area contributed by atoms with Crippen LogP contribution in [0.3, 0.4) is 0 Å². The Hall–Kier alpha value is -2.55. The molecule has 1 N–H and O–H groups in total. The first-order chi connectivity index (χ1) is 9.60. The molecule has 6 heteroatoms. The minimum atomic E-state index is -0.464. The van der Waals surface area contributed by atoms with E-state index in [1.807, 2.05) is 13.0 Å². The van der Waals surface area contributed by atoms with Crippen molar-refractivity contribution in [3.63, 3.8) is 0 Å². The van der Waals surface area contributed by atoms with Crippen molar-refractivity contribution < 1.29 is 14.3 Å². The van der Waals surface area contributed by atoms with Crippen LogP contribution in [0, 0.1) is 11.3 Å². The number of carbonyl (C=O) groups is 2. The van der Waals surface area contributed by atoms with Crippen molar-refractivity contribution in [3.05, 3.63) is 29.8 Å². The Labute approximate surface area is 117 Å². The van der Waals surface area contributed by atoms with Crippen molar-refractivity contribution in [2.45, 2.75) is 13.3 Å². The molecule has 0 aliphatic carbocycles. The third-order valence-corrected chi connectivity index (χ3v) is 2.59. The van der Waals surface area contributed by atoms with E-state index in [0.29, 0.717) is 17.8 Å². The largest absolute Gasteiger partial charge is 0.468 e. The summed E-state index contributed by atoms with van der Waals surface area (Å²) in [5.74, 6) is -0.464. The summed E-state index contributed by atoms with van der Waals surface area (Å²) in [6.45, 7) is 2.28. The quantitative estimate of drug-likeness (QED) is 0.833. The SMILES string of the molecule is CCCN(CC(=O)OC)C(=O)Nc1ccc(C#N)cc1. The third kappa shape index (κ3) is 4.61. The van der Waals surface area contributed by atoms with Gasteiger partial charge in [0.05, 0.1) is 18.7 Å². The first kappa shape index (κ1) is 15.5. The zero-order valence-electron chi connectivity index (χ0n) is 11.5. The second kappa shape index (κ2) is 7.79. The lowest BCUT2D eigenvalue weighted by Gasteiger charge is -2.21. The lowest BCUT2D eigenvalue weighted by Crippen LogP contribution is -2.39. The number of esters is 1. The van der Waals surface area contributed by atoms with Crippen molar-refractivity contribution in [3.8, 4) is 6.07 Å². The van der Waals surface area contributed by atoms with Gasteiger partial charge in [0.25, 0.3) is 0 Å². The number of benzene rings is 1. The number of amides is 2.